The highest BCUT2D eigenvalue weighted by Crippen LogP contribution is 2.20. The van der Waals surface area contributed by atoms with E-state index in [4.69, 9.17) is 5.11 Å². The summed E-state index contributed by atoms with van der Waals surface area (Å²) in [5.74, 6) is -1.40. The Balaban J connectivity index is 2.74. The van der Waals surface area contributed by atoms with Crippen LogP contribution in [0.3, 0.4) is 0 Å². The number of anilines is 1. The molecule has 1 aromatic carbocycles. The number of hydrogen-bond acceptors (Lipinski definition) is 3. The number of nitrogens with one attached hydrogen (secondary N) is 2. The summed E-state index contributed by atoms with van der Waals surface area (Å²) in [5, 5.41) is 14.4. The number of hydrogen-bond donors (Lipinski definition) is 3. The number of rotatable bonds is 6. The van der Waals surface area contributed by atoms with Crippen molar-refractivity contribution in [3.05, 3.63) is 40.9 Å². The van der Waals surface area contributed by atoms with Crippen molar-refractivity contribution < 1.29 is 14.7 Å². The lowest BCUT2D eigenvalue weighted by atomic mass is 10.2. The maximum atomic E-state index is 11.5. The van der Waals surface area contributed by atoms with Crippen molar-refractivity contribution >= 4 is 33.5 Å². The van der Waals surface area contributed by atoms with Gasteiger partial charge in [0.15, 0.2) is 0 Å². The lowest BCUT2D eigenvalue weighted by Gasteiger charge is -2.09. The first kappa shape index (κ1) is 14.4. The minimum atomic E-state index is -1.09. The molecule has 3 N–H and O–H groups in total. The molecule has 0 saturated carbocycles. The first-order chi connectivity index (χ1) is 8.54. The number of amides is 1. The zero-order valence-corrected chi connectivity index (χ0v) is 11.2. The topological polar surface area (TPSA) is 78.4 Å². The van der Waals surface area contributed by atoms with E-state index in [1.165, 1.54) is 6.07 Å². The first-order valence-electron chi connectivity index (χ1n) is 5.19. The van der Waals surface area contributed by atoms with Crippen LogP contribution in [0, 0.1) is 0 Å². The molecule has 1 aromatic rings. The second-order valence-electron chi connectivity index (χ2n) is 3.46. The molecular weight excluding hydrogens is 300 g/mol. The van der Waals surface area contributed by atoms with Crippen molar-refractivity contribution in [1.29, 1.82) is 0 Å². The number of aromatic carboxylic acids is 1. The van der Waals surface area contributed by atoms with E-state index in [-0.39, 0.29) is 23.7 Å². The number of benzene rings is 1. The lowest BCUT2D eigenvalue weighted by Crippen LogP contribution is -2.28. The first-order valence-corrected chi connectivity index (χ1v) is 5.98. The van der Waals surface area contributed by atoms with Gasteiger partial charge in [0, 0.05) is 11.0 Å². The Hall–Kier alpha value is -1.66. The normalized spacial score (nSPS) is 9.83. The van der Waals surface area contributed by atoms with Gasteiger partial charge in [0.25, 0.3) is 0 Å². The summed E-state index contributed by atoms with van der Waals surface area (Å²) in [5.41, 5.74) is 0.317. The van der Waals surface area contributed by atoms with Crippen LogP contribution in [0.2, 0.25) is 0 Å². The maximum Gasteiger partial charge on any atom is 0.337 e. The van der Waals surface area contributed by atoms with Gasteiger partial charge in [0.2, 0.25) is 5.91 Å². The molecule has 1 rings (SSSR count). The van der Waals surface area contributed by atoms with Crippen molar-refractivity contribution in [3.8, 4) is 0 Å². The molecule has 0 saturated heterocycles. The summed E-state index contributed by atoms with van der Waals surface area (Å²) >= 11 is 3.18. The molecule has 0 aliphatic heterocycles. The van der Waals surface area contributed by atoms with E-state index in [9.17, 15) is 9.59 Å². The molecule has 0 aliphatic rings. The van der Waals surface area contributed by atoms with Gasteiger partial charge >= 0.3 is 5.97 Å². The summed E-state index contributed by atoms with van der Waals surface area (Å²) in [4.78, 5) is 22.5. The number of halogens is 1. The zero-order chi connectivity index (χ0) is 13.5. The standard InChI is InChI=1S/C12H13BrN2O3/c1-2-5-14-7-11(16)15-10-4-3-8(13)6-9(10)12(17)18/h2-4,6,14H,1,5,7H2,(H,15,16)(H,17,18). The Kier molecular flexibility index (Phi) is 5.54. The van der Waals surface area contributed by atoms with E-state index < -0.39 is 5.97 Å². The van der Waals surface area contributed by atoms with E-state index in [1.807, 2.05) is 0 Å². The molecule has 0 heterocycles. The molecule has 0 atom stereocenters. The van der Waals surface area contributed by atoms with E-state index in [0.29, 0.717) is 11.0 Å². The molecule has 0 fully saturated rings. The molecule has 96 valence electrons. The predicted octanol–water partition coefficient (Wildman–Crippen LogP) is 1.86. The Morgan fingerprint density at radius 2 is 2.17 bits per heavy atom. The van der Waals surface area contributed by atoms with Gasteiger partial charge in [-0.3, -0.25) is 4.79 Å². The molecule has 0 spiro atoms. The van der Waals surface area contributed by atoms with Crippen LogP contribution < -0.4 is 10.6 Å². The van der Waals surface area contributed by atoms with Gasteiger partial charge in [-0.1, -0.05) is 22.0 Å². The van der Waals surface area contributed by atoms with Crippen LogP contribution >= 0.6 is 15.9 Å². The highest BCUT2D eigenvalue weighted by Gasteiger charge is 2.12. The second-order valence-corrected chi connectivity index (χ2v) is 4.38. The molecule has 18 heavy (non-hydrogen) atoms. The summed E-state index contributed by atoms with van der Waals surface area (Å²) in [6.45, 7) is 4.12. The molecule has 0 aromatic heterocycles. The molecule has 0 unspecified atom stereocenters. The van der Waals surface area contributed by atoms with Gasteiger partial charge in [0.1, 0.15) is 0 Å². The van der Waals surface area contributed by atoms with Crippen molar-refractivity contribution in [3.63, 3.8) is 0 Å². The van der Waals surface area contributed by atoms with Crippen molar-refractivity contribution in [2.45, 2.75) is 0 Å². The quantitative estimate of drug-likeness (QED) is 0.553. The van der Waals surface area contributed by atoms with Crippen LogP contribution in [0.4, 0.5) is 5.69 Å². The van der Waals surface area contributed by atoms with Gasteiger partial charge in [-0.05, 0) is 18.2 Å². The average molecular weight is 313 g/mol. The number of carbonyl (C=O) groups is 2. The highest BCUT2D eigenvalue weighted by atomic mass is 79.9. The average Bonchev–Trinajstić information content (AvgIpc) is 2.31. The van der Waals surface area contributed by atoms with Gasteiger partial charge in [-0.15, -0.1) is 6.58 Å². The summed E-state index contributed by atoms with van der Waals surface area (Å²) in [7, 11) is 0. The summed E-state index contributed by atoms with van der Waals surface area (Å²) < 4.78 is 0.641. The minimum absolute atomic E-state index is 0.0430. The largest absolute Gasteiger partial charge is 0.478 e. The molecule has 6 heteroatoms. The second kappa shape index (κ2) is 6.93. The monoisotopic (exact) mass is 312 g/mol. The molecule has 0 aliphatic carbocycles. The van der Waals surface area contributed by atoms with Gasteiger partial charge in [-0.2, -0.15) is 0 Å². The summed E-state index contributed by atoms with van der Waals surface area (Å²) in [6.07, 6.45) is 1.63. The fourth-order valence-electron chi connectivity index (χ4n) is 1.28. The Labute approximate surface area is 113 Å². The van der Waals surface area contributed by atoms with Gasteiger partial charge in [0.05, 0.1) is 17.8 Å². The van der Waals surface area contributed by atoms with Crippen LogP contribution in [-0.2, 0) is 4.79 Å². The van der Waals surface area contributed by atoms with Gasteiger partial charge < -0.3 is 15.7 Å². The molecule has 0 radical (unpaired) electrons. The van der Waals surface area contributed by atoms with E-state index in [2.05, 4.69) is 33.1 Å². The van der Waals surface area contributed by atoms with E-state index >= 15 is 0 Å². The highest BCUT2D eigenvalue weighted by molar-refractivity contribution is 9.10. The minimum Gasteiger partial charge on any atom is -0.478 e. The van der Waals surface area contributed by atoms with Crippen molar-refractivity contribution in [2.24, 2.45) is 0 Å². The van der Waals surface area contributed by atoms with E-state index in [0.717, 1.165) is 0 Å². The SMILES string of the molecule is C=CCNCC(=O)Nc1ccc(Br)cc1C(=O)O. The predicted molar refractivity (Wildman–Crippen MR) is 72.8 cm³/mol. The van der Waals surface area contributed by atoms with Crippen LogP contribution in [0.15, 0.2) is 35.3 Å². The molecular formula is C12H13BrN2O3. The third-order valence-corrected chi connectivity index (χ3v) is 2.55. The third kappa shape index (κ3) is 4.31. The molecule has 5 nitrogen and oxygen atoms in total. The Morgan fingerprint density at radius 1 is 1.44 bits per heavy atom. The van der Waals surface area contributed by atoms with E-state index in [1.54, 1.807) is 18.2 Å². The molecule has 1 amide bonds. The Morgan fingerprint density at radius 3 is 2.78 bits per heavy atom. The lowest BCUT2D eigenvalue weighted by molar-refractivity contribution is -0.115. The maximum absolute atomic E-state index is 11.5. The Bertz CT molecular complexity index is 474. The fraction of sp³-hybridized carbons (Fsp3) is 0.167. The zero-order valence-electron chi connectivity index (χ0n) is 9.57. The summed E-state index contributed by atoms with van der Waals surface area (Å²) in [6, 6.07) is 4.65. The third-order valence-electron chi connectivity index (χ3n) is 2.06. The van der Waals surface area contributed by atoms with Crippen LogP contribution in [0.1, 0.15) is 10.4 Å². The number of carbonyl (C=O) groups excluding carboxylic acids is 1. The fourth-order valence-corrected chi connectivity index (χ4v) is 1.65. The molecule has 0 bridgehead atoms. The smallest absolute Gasteiger partial charge is 0.337 e. The van der Waals surface area contributed by atoms with Crippen LogP contribution in [-0.4, -0.2) is 30.1 Å². The van der Waals surface area contributed by atoms with Gasteiger partial charge in [-0.25, -0.2) is 4.79 Å². The van der Waals surface area contributed by atoms with Crippen LogP contribution in [0.25, 0.3) is 0 Å². The van der Waals surface area contributed by atoms with Crippen molar-refractivity contribution in [2.75, 3.05) is 18.4 Å². The van der Waals surface area contributed by atoms with Crippen LogP contribution in [0.5, 0.6) is 0 Å². The number of carboxylic acid groups (broad SMARTS) is 1. The van der Waals surface area contributed by atoms with Crippen molar-refractivity contribution in [1.82, 2.24) is 5.32 Å². The number of carboxylic acids is 1.